The number of nitrogens with zero attached hydrogens (tertiary/aromatic N) is 1. The van der Waals surface area contributed by atoms with Crippen LogP contribution in [-0.2, 0) is 14.3 Å². The third-order valence-electron chi connectivity index (χ3n) is 6.36. The van der Waals surface area contributed by atoms with E-state index in [0.29, 0.717) is 13.0 Å². The van der Waals surface area contributed by atoms with E-state index in [1.807, 2.05) is 0 Å². The molecule has 0 aromatic rings. The molecule has 0 aromatic heterocycles. The number of aliphatic carboxylic acids is 1. The van der Waals surface area contributed by atoms with Gasteiger partial charge in [0.15, 0.2) is 0 Å². The second-order valence-corrected chi connectivity index (χ2v) is 9.69. The molecular weight excluding hydrogens is 430 g/mol. The molecule has 0 unspecified atom stereocenters. The van der Waals surface area contributed by atoms with E-state index in [9.17, 15) is 9.59 Å². The number of hydrogen-bond donors (Lipinski definition) is 2. The first-order valence-electron chi connectivity index (χ1n) is 14.3. The first kappa shape index (κ1) is 32.9. The normalized spacial score (nSPS) is 11.3. The van der Waals surface area contributed by atoms with Crippen molar-refractivity contribution < 1.29 is 24.5 Å². The van der Waals surface area contributed by atoms with Crippen LogP contribution in [0.5, 0.6) is 0 Å². The fourth-order valence-electron chi connectivity index (χ4n) is 4.22. The van der Waals surface area contributed by atoms with Crippen molar-refractivity contribution in [3.63, 3.8) is 0 Å². The van der Waals surface area contributed by atoms with Gasteiger partial charge < -0.3 is 19.8 Å². The number of aliphatic hydroxyl groups is 1. The number of carbonyl (C=O) groups excluding carboxylic acids is 1. The molecule has 202 valence electrons. The predicted octanol–water partition coefficient (Wildman–Crippen LogP) is 6.73. The maximum absolute atomic E-state index is 11.8. The highest BCUT2D eigenvalue weighted by atomic mass is 16.5. The Morgan fingerprint density at radius 1 is 0.618 bits per heavy atom. The molecule has 6 heteroatoms. The molecule has 0 saturated carbocycles. The Kier molecular flexibility index (Phi) is 25.6. The second-order valence-electron chi connectivity index (χ2n) is 9.69. The van der Waals surface area contributed by atoms with Crippen LogP contribution in [0, 0.1) is 0 Å². The fourth-order valence-corrected chi connectivity index (χ4v) is 4.22. The van der Waals surface area contributed by atoms with Gasteiger partial charge >= 0.3 is 11.9 Å². The number of ether oxygens (including phenoxy) is 1. The van der Waals surface area contributed by atoms with Crippen molar-refractivity contribution in [2.75, 3.05) is 32.8 Å². The van der Waals surface area contributed by atoms with Crippen molar-refractivity contribution in [2.45, 2.75) is 135 Å². The van der Waals surface area contributed by atoms with Crippen molar-refractivity contribution in [1.82, 2.24) is 4.90 Å². The van der Waals surface area contributed by atoms with Gasteiger partial charge in [-0.3, -0.25) is 9.59 Å². The molecule has 0 fully saturated rings. The van der Waals surface area contributed by atoms with Crippen LogP contribution in [0.2, 0.25) is 0 Å². The van der Waals surface area contributed by atoms with Gasteiger partial charge in [-0.15, -0.1) is 0 Å². The Morgan fingerprint density at radius 3 is 1.65 bits per heavy atom. The summed E-state index contributed by atoms with van der Waals surface area (Å²) in [5, 5.41) is 17.8. The molecule has 0 rings (SSSR count). The molecule has 0 aliphatic rings. The minimum Gasteiger partial charge on any atom is -0.481 e. The largest absolute Gasteiger partial charge is 0.481 e. The summed E-state index contributed by atoms with van der Waals surface area (Å²) in [4.78, 5) is 24.8. The first-order valence-corrected chi connectivity index (χ1v) is 14.3. The van der Waals surface area contributed by atoms with Gasteiger partial charge in [-0.25, -0.2) is 0 Å². The van der Waals surface area contributed by atoms with Crippen molar-refractivity contribution >= 4 is 11.9 Å². The summed E-state index contributed by atoms with van der Waals surface area (Å²) in [5.41, 5.74) is 0. The SMILES string of the molecule is CCCCCCCCCOC(=O)CCCCCCCN(CCCO)CCCCCCCC(=O)O. The van der Waals surface area contributed by atoms with Gasteiger partial charge in [-0.1, -0.05) is 84.0 Å². The zero-order valence-electron chi connectivity index (χ0n) is 22.2. The standard InChI is InChI=1S/C28H55NO5/c1-2-3-4-5-6-13-18-26-34-28(33)21-15-10-8-12-17-23-29(24-19-25-30)22-16-11-7-9-14-20-27(31)32/h30H,2-26H2,1H3,(H,31,32). The summed E-state index contributed by atoms with van der Waals surface area (Å²) in [5.74, 6) is -0.738. The number of aliphatic hydroxyl groups excluding tert-OH is 1. The lowest BCUT2D eigenvalue weighted by Crippen LogP contribution is -2.27. The van der Waals surface area contributed by atoms with E-state index >= 15 is 0 Å². The lowest BCUT2D eigenvalue weighted by molar-refractivity contribution is -0.144. The number of carbonyl (C=O) groups is 2. The fraction of sp³-hybridized carbons (Fsp3) is 0.929. The van der Waals surface area contributed by atoms with Gasteiger partial charge in [0.05, 0.1) is 6.61 Å². The molecule has 0 heterocycles. The molecule has 0 aromatic carbocycles. The van der Waals surface area contributed by atoms with Gasteiger partial charge in [-0.2, -0.15) is 0 Å². The molecule has 0 spiro atoms. The number of carboxylic acid groups (broad SMARTS) is 1. The molecule has 0 saturated heterocycles. The zero-order chi connectivity index (χ0) is 25.1. The van der Waals surface area contributed by atoms with Crippen LogP contribution in [-0.4, -0.2) is 59.9 Å². The maximum atomic E-state index is 11.8. The Morgan fingerprint density at radius 2 is 1.09 bits per heavy atom. The Labute approximate surface area is 209 Å². The Bertz CT molecular complexity index is 458. The Balaban J connectivity index is 3.59. The second kappa shape index (κ2) is 26.5. The highest BCUT2D eigenvalue weighted by Crippen LogP contribution is 2.11. The monoisotopic (exact) mass is 485 g/mol. The van der Waals surface area contributed by atoms with Crippen molar-refractivity contribution in [2.24, 2.45) is 0 Å². The molecule has 34 heavy (non-hydrogen) atoms. The van der Waals surface area contributed by atoms with E-state index in [2.05, 4.69) is 11.8 Å². The van der Waals surface area contributed by atoms with Crippen LogP contribution in [0.1, 0.15) is 135 Å². The van der Waals surface area contributed by atoms with Crippen LogP contribution >= 0.6 is 0 Å². The van der Waals surface area contributed by atoms with Gasteiger partial charge in [-0.05, 0) is 51.6 Å². The van der Waals surface area contributed by atoms with Crippen LogP contribution in [0.25, 0.3) is 0 Å². The lowest BCUT2D eigenvalue weighted by Gasteiger charge is -2.22. The number of unbranched alkanes of at least 4 members (excludes halogenated alkanes) is 14. The highest BCUT2D eigenvalue weighted by molar-refractivity contribution is 5.69. The third kappa shape index (κ3) is 25.5. The third-order valence-corrected chi connectivity index (χ3v) is 6.36. The maximum Gasteiger partial charge on any atom is 0.305 e. The molecule has 0 aliphatic carbocycles. The average molecular weight is 486 g/mol. The summed E-state index contributed by atoms with van der Waals surface area (Å²) < 4.78 is 5.35. The Hall–Kier alpha value is -1.14. The van der Waals surface area contributed by atoms with Crippen molar-refractivity contribution in [3.05, 3.63) is 0 Å². The van der Waals surface area contributed by atoms with Crippen LogP contribution < -0.4 is 0 Å². The van der Waals surface area contributed by atoms with Crippen molar-refractivity contribution in [1.29, 1.82) is 0 Å². The topological polar surface area (TPSA) is 87.1 Å². The van der Waals surface area contributed by atoms with E-state index in [1.165, 1.54) is 44.9 Å². The quantitative estimate of drug-likeness (QED) is 0.0990. The molecule has 0 bridgehead atoms. The first-order chi connectivity index (χ1) is 16.6. The zero-order valence-corrected chi connectivity index (χ0v) is 22.2. The molecule has 6 nitrogen and oxygen atoms in total. The van der Waals surface area contributed by atoms with Gasteiger partial charge in [0, 0.05) is 26.0 Å². The van der Waals surface area contributed by atoms with Crippen LogP contribution in [0.3, 0.4) is 0 Å². The van der Waals surface area contributed by atoms with Crippen molar-refractivity contribution in [3.8, 4) is 0 Å². The van der Waals surface area contributed by atoms with E-state index in [4.69, 9.17) is 14.9 Å². The molecule has 0 atom stereocenters. The molecule has 0 aliphatic heterocycles. The van der Waals surface area contributed by atoms with Crippen LogP contribution in [0.4, 0.5) is 0 Å². The molecule has 0 amide bonds. The number of esters is 1. The van der Waals surface area contributed by atoms with Crippen LogP contribution in [0.15, 0.2) is 0 Å². The van der Waals surface area contributed by atoms with E-state index < -0.39 is 5.97 Å². The van der Waals surface area contributed by atoms with E-state index in [1.54, 1.807) is 0 Å². The minimum atomic E-state index is -0.700. The summed E-state index contributed by atoms with van der Waals surface area (Å²) >= 11 is 0. The van der Waals surface area contributed by atoms with Gasteiger partial charge in [0.2, 0.25) is 0 Å². The minimum absolute atomic E-state index is 0.0379. The highest BCUT2D eigenvalue weighted by Gasteiger charge is 2.06. The van der Waals surface area contributed by atoms with E-state index in [0.717, 1.165) is 90.3 Å². The predicted molar refractivity (Wildman–Crippen MR) is 140 cm³/mol. The molecule has 0 radical (unpaired) electrons. The number of rotatable bonds is 27. The van der Waals surface area contributed by atoms with E-state index in [-0.39, 0.29) is 19.0 Å². The lowest BCUT2D eigenvalue weighted by atomic mass is 10.1. The average Bonchev–Trinajstić information content (AvgIpc) is 2.82. The summed E-state index contributed by atoms with van der Waals surface area (Å²) in [6.07, 6.45) is 21.0. The van der Waals surface area contributed by atoms with Gasteiger partial charge in [0.25, 0.3) is 0 Å². The summed E-state index contributed by atoms with van der Waals surface area (Å²) in [7, 11) is 0. The summed E-state index contributed by atoms with van der Waals surface area (Å²) in [6.45, 7) is 6.12. The van der Waals surface area contributed by atoms with Gasteiger partial charge in [0.1, 0.15) is 0 Å². The number of carboxylic acids is 1. The molecule has 2 N–H and O–H groups in total. The molecular formula is C28H55NO5. The smallest absolute Gasteiger partial charge is 0.305 e. The number of hydrogen-bond acceptors (Lipinski definition) is 5. The summed E-state index contributed by atoms with van der Waals surface area (Å²) in [6, 6.07) is 0.